The number of nitriles is 1. The molecule has 2 aromatic rings. The lowest BCUT2D eigenvalue weighted by molar-refractivity contribution is 0.637. The van der Waals surface area contributed by atoms with Crippen LogP contribution in [0.3, 0.4) is 0 Å². The highest BCUT2D eigenvalue weighted by Crippen LogP contribution is 2.31. The minimum Gasteiger partial charge on any atom is -0.377 e. The molecule has 0 amide bonds. The Morgan fingerprint density at radius 1 is 1.24 bits per heavy atom. The Hall–Kier alpha value is -2.02. The van der Waals surface area contributed by atoms with E-state index in [1.165, 1.54) is 11.1 Å². The van der Waals surface area contributed by atoms with E-state index in [-0.39, 0.29) is 6.04 Å². The Labute approximate surface area is 129 Å². The fourth-order valence-corrected chi connectivity index (χ4v) is 2.93. The van der Waals surface area contributed by atoms with Crippen molar-refractivity contribution < 1.29 is 0 Å². The molecular weight excluding hydrogens is 282 g/mol. The summed E-state index contributed by atoms with van der Waals surface area (Å²) < 4.78 is 0. The maximum Gasteiger partial charge on any atom is 0.0992 e. The highest BCUT2D eigenvalue weighted by atomic mass is 35.5. The Kier molecular flexibility index (Phi) is 4.10. The molecule has 3 rings (SSSR count). The van der Waals surface area contributed by atoms with Gasteiger partial charge in [-0.05, 0) is 42.3 Å². The van der Waals surface area contributed by atoms with Crippen molar-refractivity contribution >= 4 is 17.3 Å². The molecule has 1 aliphatic rings. The van der Waals surface area contributed by atoms with Crippen LogP contribution >= 0.6 is 11.6 Å². The smallest absolute Gasteiger partial charge is 0.0992 e. The van der Waals surface area contributed by atoms with E-state index in [9.17, 15) is 0 Å². The summed E-state index contributed by atoms with van der Waals surface area (Å²) in [7, 11) is 0. The number of halogens is 1. The molecule has 0 saturated heterocycles. The molecule has 2 N–H and O–H groups in total. The predicted octanol–water partition coefficient (Wildman–Crippen LogP) is 3.86. The van der Waals surface area contributed by atoms with Crippen LogP contribution in [-0.4, -0.2) is 6.54 Å². The molecule has 0 bridgehead atoms. The first-order valence-electron chi connectivity index (χ1n) is 7.02. The Morgan fingerprint density at radius 3 is 2.90 bits per heavy atom. The predicted molar refractivity (Wildman–Crippen MR) is 85.3 cm³/mol. The van der Waals surface area contributed by atoms with Gasteiger partial charge in [0.25, 0.3) is 0 Å². The van der Waals surface area contributed by atoms with Crippen molar-refractivity contribution in [3.63, 3.8) is 0 Å². The van der Waals surface area contributed by atoms with Gasteiger partial charge < -0.3 is 10.6 Å². The van der Waals surface area contributed by atoms with Crippen LogP contribution in [0, 0.1) is 11.3 Å². The van der Waals surface area contributed by atoms with Crippen LogP contribution in [0.2, 0.25) is 5.02 Å². The molecule has 3 nitrogen and oxygen atoms in total. The highest BCUT2D eigenvalue weighted by molar-refractivity contribution is 6.33. The molecule has 4 heteroatoms. The van der Waals surface area contributed by atoms with E-state index >= 15 is 0 Å². The summed E-state index contributed by atoms with van der Waals surface area (Å²) in [5.41, 5.74) is 4.08. The van der Waals surface area contributed by atoms with E-state index in [0.29, 0.717) is 10.6 Å². The Morgan fingerprint density at radius 2 is 2.10 bits per heavy atom. The number of fused-ring (bicyclic) bond motifs is 1. The third-order valence-corrected chi connectivity index (χ3v) is 4.10. The van der Waals surface area contributed by atoms with Crippen LogP contribution in [0.15, 0.2) is 42.5 Å². The third kappa shape index (κ3) is 3.02. The molecule has 2 aromatic carbocycles. The van der Waals surface area contributed by atoms with Gasteiger partial charge in [0.05, 0.1) is 28.4 Å². The average molecular weight is 298 g/mol. The first-order chi connectivity index (χ1) is 10.3. The largest absolute Gasteiger partial charge is 0.377 e. The van der Waals surface area contributed by atoms with E-state index in [2.05, 4.69) is 41.0 Å². The second kappa shape index (κ2) is 6.17. The molecular formula is C17H16ClN3. The molecule has 1 atom stereocenters. The SMILES string of the molecule is N#Cc1ccc(NC2CCNCc3ccccc32)c(Cl)c1. The highest BCUT2D eigenvalue weighted by Gasteiger charge is 2.18. The minimum atomic E-state index is 0.224. The maximum absolute atomic E-state index is 8.90. The topological polar surface area (TPSA) is 47.9 Å². The van der Waals surface area contributed by atoms with E-state index in [1.807, 2.05) is 6.07 Å². The lowest BCUT2D eigenvalue weighted by Gasteiger charge is -2.21. The lowest BCUT2D eigenvalue weighted by atomic mass is 9.99. The quantitative estimate of drug-likeness (QED) is 0.885. The number of nitrogens with one attached hydrogen (secondary N) is 2. The van der Waals surface area contributed by atoms with Crippen molar-refractivity contribution in [3.05, 3.63) is 64.2 Å². The molecule has 0 aromatic heterocycles. The summed E-state index contributed by atoms with van der Waals surface area (Å²) in [5, 5.41) is 16.4. The summed E-state index contributed by atoms with van der Waals surface area (Å²) in [6.45, 7) is 1.86. The molecule has 1 unspecified atom stereocenters. The molecule has 1 heterocycles. The van der Waals surface area contributed by atoms with E-state index in [0.717, 1.165) is 25.2 Å². The van der Waals surface area contributed by atoms with Crippen LogP contribution in [0.1, 0.15) is 29.2 Å². The fraction of sp³-hybridized carbons (Fsp3) is 0.235. The maximum atomic E-state index is 8.90. The second-order valence-electron chi connectivity index (χ2n) is 5.17. The Balaban J connectivity index is 1.90. The standard InChI is InChI=1S/C17H16ClN3/c18-15-9-12(10-19)5-6-17(15)21-16-7-8-20-11-13-3-1-2-4-14(13)16/h1-6,9,16,20-21H,7-8,11H2. The third-order valence-electron chi connectivity index (χ3n) is 3.78. The van der Waals surface area contributed by atoms with Crippen LogP contribution in [0.5, 0.6) is 0 Å². The number of benzene rings is 2. The van der Waals surface area contributed by atoms with Crippen molar-refractivity contribution in [3.8, 4) is 6.07 Å². The van der Waals surface area contributed by atoms with Crippen molar-refractivity contribution in [1.82, 2.24) is 5.32 Å². The monoisotopic (exact) mass is 297 g/mol. The summed E-state index contributed by atoms with van der Waals surface area (Å²) in [6, 6.07) is 16.1. The van der Waals surface area contributed by atoms with Gasteiger partial charge in [-0.3, -0.25) is 0 Å². The van der Waals surface area contributed by atoms with Gasteiger partial charge >= 0.3 is 0 Å². The van der Waals surface area contributed by atoms with Crippen LogP contribution in [0.25, 0.3) is 0 Å². The number of nitrogens with zero attached hydrogens (tertiary/aromatic N) is 1. The summed E-state index contributed by atoms with van der Waals surface area (Å²) in [4.78, 5) is 0. The molecule has 0 radical (unpaired) electrons. The number of rotatable bonds is 2. The Bertz CT molecular complexity index is 691. The molecule has 1 aliphatic heterocycles. The van der Waals surface area contributed by atoms with Gasteiger partial charge in [-0.25, -0.2) is 0 Å². The minimum absolute atomic E-state index is 0.224. The van der Waals surface area contributed by atoms with E-state index < -0.39 is 0 Å². The molecule has 0 aliphatic carbocycles. The van der Waals surface area contributed by atoms with Crippen LogP contribution in [-0.2, 0) is 6.54 Å². The van der Waals surface area contributed by atoms with Gasteiger partial charge in [-0.1, -0.05) is 35.9 Å². The van der Waals surface area contributed by atoms with Gasteiger partial charge in [0.15, 0.2) is 0 Å². The molecule has 21 heavy (non-hydrogen) atoms. The first-order valence-corrected chi connectivity index (χ1v) is 7.40. The molecule has 0 spiro atoms. The number of anilines is 1. The summed E-state index contributed by atoms with van der Waals surface area (Å²) in [5.74, 6) is 0. The zero-order valence-electron chi connectivity index (χ0n) is 11.6. The zero-order valence-corrected chi connectivity index (χ0v) is 12.3. The van der Waals surface area contributed by atoms with Crippen LogP contribution < -0.4 is 10.6 Å². The van der Waals surface area contributed by atoms with Gasteiger partial charge in [-0.2, -0.15) is 5.26 Å². The fourth-order valence-electron chi connectivity index (χ4n) is 2.70. The second-order valence-corrected chi connectivity index (χ2v) is 5.57. The molecule has 0 fully saturated rings. The number of hydrogen-bond donors (Lipinski definition) is 2. The molecule has 106 valence electrons. The summed E-state index contributed by atoms with van der Waals surface area (Å²) in [6.07, 6.45) is 0.993. The first kappa shape index (κ1) is 13.9. The van der Waals surface area contributed by atoms with E-state index in [4.69, 9.17) is 16.9 Å². The van der Waals surface area contributed by atoms with Crippen molar-refractivity contribution in [2.45, 2.75) is 19.0 Å². The lowest BCUT2D eigenvalue weighted by Crippen LogP contribution is -2.15. The van der Waals surface area contributed by atoms with Crippen molar-refractivity contribution in [1.29, 1.82) is 5.26 Å². The van der Waals surface area contributed by atoms with Gasteiger partial charge in [0.2, 0.25) is 0 Å². The number of hydrogen-bond acceptors (Lipinski definition) is 3. The van der Waals surface area contributed by atoms with E-state index in [1.54, 1.807) is 12.1 Å². The van der Waals surface area contributed by atoms with Crippen LogP contribution in [0.4, 0.5) is 5.69 Å². The van der Waals surface area contributed by atoms with Crippen molar-refractivity contribution in [2.24, 2.45) is 0 Å². The van der Waals surface area contributed by atoms with Gasteiger partial charge in [0.1, 0.15) is 0 Å². The van der Waals surface area contributed by atoms with Gasteiger partial charge in [0, 0.05) is 6.54 Å². The molecule has 0 saturated carbocycles. The van der Waals surface area contributed by atoms with Crippen molar-refractivity contribution in [2.75, 3.05) is 11.9 Å². The van der Waals surface area contributed by atoms with Gasteiger partial charge in [-0.15, -0.1) is 0 Å². The normalized spacial score (nSPS) is 17.4. The average Bonchev–Trinajstić information content (AvgIpc) is 2.72. The zero-order chi connectivity index (χ0) is 14.7. The summed E-state index contributed by atoms with van der Waals surface area (Å²) >= 11 is 6.27.